The van der Waals surface area contributed by atoms with Crippen molar-refractivity contribution in [3.05, 3.63) is 35.4 Å². The van der Waals surface area contributed by atoms with E-state index >= 15 is 0 Å². The van der Waals surface area contributed by atoms with Gasteiger partial charge in [-0.1, -0.05) is 44.5 Å². The van der Waals surface area contributed by atoms with Gasteiger partial charge in [0, 0.05) is 6.04 Å². The van der Waals surface area contributed by atoms with Crippen LogP contribution in [0.5, 0.6) is 0 Å². The average Bonchev–Trinajstić information content (AvgIpc) is 2.39. The zero-order valence-corrected chi connectivity index (χ0v) is 11.6. The van der Waals surface area contributed by atoms with E-state index in [0.29, 0.717) is 5.92 Å². The fourth-order valence-electron chi connectivity index (χ4n) is 2.73. The number of rotatable bonds is 5. The Morgan fingerprint density at radius 2 is 2.17 bits per heavy atom. The minimum atomic E-state index is 0.203. The van der Waals surface area contributed by atoms with Gasteiger partial charge in [-0.15, -0.1) is 0 Å². The van der Waals surface area contributed by atoms with Crippen LogP contribution < -0.4 is 5.73 Å². The average molecular weight is 247 g/mol. The van der Waals surface area contributed by atoms with Crippen LogP contribution in [0.15, 0.2) is 24.3 Å². The fourth-order valence-corrected chi connectivity index (χ4v) is 2.73. The maximum absolute atomic E-state index is 6.26. The highest BCUT2D eigenvalue weighted by atomic mass is 16.5. The van der Waals surface area contributed by atoms with Gasteiger partial charge in [0.25, 0.3) is 0 Å². The lowest BCUT2D eigenvalue weighted by Crippen LogP contribution is -2.28. The lowest BCUT2D eigenvalue weighted by molar-refractivity contribution is 0.0307. The minimum absolute atomic E-state index is 0.203. The van der Waals surface area contributed by atoms with Gasteiger partial charge in [-0.3, -0.25) is 0 Å². The van der Waals surface area contributed by atoms with Crippen molar-refractivity contribution in [2.24, 2.45) is 11.7 Å². The predicted molar refractivity (Wildman–Crippen MR) is 75.5 cm³/mol. The Labute approximate surface area is 111 Å². The van der Waals surface area contributed by atoms with Crippen molar-refractivity contribution in [2.75, 3.05) is 6.61 Å². The summed E-state index contributed by atoms with van der Waals surface area (Å²) in [5.41, 5.74) is 9.04. The number of fused-ring (bicyclic) bond motifs is 1. The maximum atomic E-state index is 6.26. The topological polar surface area (TPSA) is 35.2 Å². The number of ether oxygens (including phenoxy) is 1. The van der Waals surface area contributed by atoms with Gasteiger partial charge < -0.3 is 10.5 Å². The van der Waals surface area contributed by atoms with Gasteiger partial charge in [0.05, 0.1) is 12.7 Å². The number of benzene rings is 1. The van der Waals surface area contributed by atoms with Crippen LogP contribution in [0.25, 0.3) is 0 Å². The molecule has 0 spiro atoms. The number of hydrogen-bond donors (Lipinski definition) is 1. The monoisotopic (exact) mass is 247 g/mol. The quantitative estimate of drug-likeness (QED) is 0.865. The maximum Gasteiger partial charge on any atom is 0.0842 e. The molecule has 0 saturated heterocycles. The minimum Gasteiger partial charge on any atom is -0.373 e. The van der Waals surface area contributed by atoms with Crippen molar-refractivity contribution < 1.29 is 4.74 Å². The molecule has 0 bridgehead atoms. The molecule has 0 amide bonds. The largest absolute Gasteiger partial charge is 0.373 e. The highest BCUT2D eigenvalue weighted by molar-refractivity contribution is 5.30. The van der Waals surface area contributed by atoms with E-state index in [4.69, 9.17) is 10.5 Å². The Morgan fingerprint density at radius 3 is 2.94 bits per heavy atom. The summed E-state index contributed by atoms with van der Waals surface area (Å²) in [7, 11) is 0. The highest BCUT2D eigenvalue weighted by Crippen LogP contribution is 2.31. The second-order valence-electron chi connectivity index (χ2n) is 5.55. The molecular weight excluding hydrogens is 222 g/mol. The lowest BCUT2D eigenvalue weighted by Gasteiger charge is -2.28. The molecule has 1 aliphatic heterocycles. The molecule has 100 valence electrons. The second kappa shape index (κ2) is 6.35. The molecule has 1 heterocycles. The van der Waals surface area contributed by atoms with E-state index in [1.165, 1.54) is 17.5 Å². The van der Waals surface area contributed by atoms with Gasteiger partial charge in [-0.25, -0.2) is 0 Å². The lowest BCUT2D eigenvalue weighted by atomic mass is 9.90. The van der Waals surface area contributed by atoms with Crippen molar-refractivity contribution in [1.82, 2.24) is 0 Å². The number of nitrogens with two attached hydrogens (primary N) is 1. The van der Waals surface area contributed by atoms with E-state index in [1.807, 2.05) is 0 Å². The molecule has 1 aromatic rings. The summed E-state index contributed by atoms with van der Waals surface area (Å²) in [6.45, 7) is 5.33. The first-order valence-corrected chi connectivity index (χ1v) is 7.15. The highest BCUT2D eigenvalue weighted by Gasteiger charge is 2.23. The molecule has 0 aromatic heterocycles. The first kappa shape index (κ1) is 13.6. The van der Waals surface area contributed by atoms with Crippen LogP contribution in [-0.4, -0.2) is 12.6 Å². The zero-order chi connectivity index (χ0) is 13.0. The third-order valence-electron chi connectivity index (χ3n) is 4.01. The van der Waals surface area contributed by atoms with Gasteiger partial charge in [0.1, 0.15) is 0 Å². The van der Waals surface area contributed by atoms with Gasteiger partial charge in [-0.2, -0.15) is 0 Å². The van der Waals surface area contributed by atoms with Crippen LogP contribution >= 0.6 is 0 Å². The summed E-state index contributed by atoms with van der Waals surface area (Å²) < 4.78 is 5.91. The molecule has 0 aliphatic carbocycles. The third-order valence-corrected chi connectivity index (χ3v) is 4.01. The van der Waals surface area contributed by atoms with Crippen LogP contribution in [0.3, 0.4) is 0 Å². The van der Waals surface area contributed by atoms with Gasteiger partial charge >= 0.3 is 0 Å². The molecule has 3 unspecified atom stereocenters. The molecule has 2 N–H and O–H groups in total. The molecule has 3 atom stereocenters. The van der Waals surface area contributed by atoms with Crippen LogP contribution in [0.4, 0.5) is 0 Å². The summed E-state index contributed by atoms with van der Waals surface area (Å²) >= 11 is 0. The fraction of sp³-hybridized carbons (Fsp3) is 0.625. The van der Waals surface area contributed by atoms with Crippen LogP contribution in [0.1, 0.15) is 50.3 Å². The van der Waals surface area contributed by atoms with Gasteiger partial charge in [0.15, 0.2) is 0 Å². The smallest absolute Gasteiger partial charge is 0.0842 e. The van der Waals surface area contributed by atoms with Crippen molar-refractivity contribution in [1.29, 1.82) is 0 Å². The SMILES string of the molecule is CCC(C)CC(N)CC1OCCc2ccccc21. The molecule has 0 radical (unpaired) electrons. The molecule has 0 fully saturated rings. The van der Waals surface area contributed by atoms with E-state index in [9.17, 15) is 0 Å². The Hall–Kier alpha value is -0.860. The van der Waals surface area contributed by atoms with E-state index in [0.717, 1.165) is 25.9 Å². The summed E-state index contributed by atoms with van der Waals surface area (Å²) in [5, 5.41) is 0. The zero-order valence-electron chi connectivity index (χ0n) is 11.6. The Balaban J connectivity index is 1.98. The van der Waals surface area contributed by atoms with E-state index in [2.05, 4.69) is 38.1 Å². The number of hydrogen-bond acceptors (Lipinski definition) is 2. The summed E-state index contributed by atoms with van der Waals surface area (Å²) in [6.07, 6.45) is 4.48. The molecule has 1 aliphatic rings. The standard InChI is InChI=1S/C16H25NO/c1-3-12(2)10-14(17)11-16-15-7-5-4-6-13(15)8-9-18-16/h4-7,12,14,16H,3,8-11,17H2,1-2H3. The Bertz CT molecular complexity index is 377. The normalized spacial score (nSPS) is 22.3. The van der Waals surface area contributed by atoms with Crippen LogP contribution in [-0.2, 0) is 11.2 Å². The van der Waals surface area contributed by atoms with Crippen molar-refractivity contribution >= 4 is 0 Å². The van der Waals surface area contributed by atoms with Gasteiger partial charge in [0.2, 0.25) is 0 Å². The summed E-state index contributed by atoms with van der Waals surface area (Å²) in [5.74, 6) is 0.707. The van der Waals surface area contributed by atoms with Crippen molar-refractivity contribution in [2.45, 2.75) is 51.7 Å². The van der Waals surface area contributed by atoms with Gasteiger partial charge in [-0.05, 0) is 36.3 Å². The van der Waals surface area contributed by atoms with Crippen LogP contribution in [0.2, 0.25) is 0 Å². The molecule has 18 heavy (non-hydrogen) atoms. The Morgan fingerprint density at radius 1 is 1.39 bits per heavy atom. The van der Waals surface area contributed by atoms with E-state index in [-0.39, 0.29) is 12.1 Å². The molecule has 2 heteroatoms. The molecule has 2 rings (SSSR count). The first-order chi connectivity index (χ1) is 8.70. The molecule has 0 saturated carbocycles. The third kappa shape index (κ3) is 3.33. The van der Waals surface area contributed by atoms with Crippen molar-refractivity contribution in [3.8, 4) is 0 Å². The van der Waals surface area contributed by atoms with Crippen LogP contribution in [0, 0.1) is 5.92 Å². The molecule has 1 aromatic carbocycles. The summed E-state index contributed by atoms with van der Waals surface area (Å²) in [4.78, 5) is 0. The summed E-state index contributed by atoms with van der Waals surface area (Å²) in [6, 6.07) is 8.86. The first-order valence-electron chi connectivity index (χ1n) is 7.15. The molecule has 2 nitrogen and oxygen atoms in total. The molecular formula is C16H25NO. The predicted octanol–water partition coefficient (Wildman–Crippen LogP) is 3.45. The van der Waals surface area contributed by atoms with E-state index in [1.54, 1.807) is 0 Å². The van der Waals surface area contributed by atoms with E-state index < -0.39 is 0 Å². The van der Waals surface area contributed by atoms with Crippen molar-refractivity contribution in [3.63, 3.8) is 0 Å². The Kier molecular flexibility index (Phi) is 4.79. The second-order valence-corrected chi connectivity index (χ2v) is 5.55.